The van der Waals surface area contributed by atoms with Crippen LogP contribution in [0.3, 0.4) is 0 Å². The number of carbonyl (C=O) groups excluding carboxylic acids is 2. The molecule has 0 atom stereocenters. The monoisotopic (exact) mass is 446 g/mol. The fourth-order valence-electron chi connectivity index (χ4n) is 4.01. The predicted molar refractivity (Wildman–Crippen MR) is 130 cm³/mol. The Morgan fingerprint density at radius 3 is 2.52 bits per heavy atom. The molecule has 4 N–H and O–H groups in total. The van der Waals surface area contributed by atoms with E-state index in [4.69, 9.17) is 0 Å². The topological polar surface area (TPSA) is 104 Å². The SMILES string of the molecule is Cn1nc(C(=O)NCCNCCNC(=O)CCCc2c[nH]c3ccccc23)c2ccccc21. The van der Waals surface area contributed by atoms with Gasteiger partial charge in [0.2, 0.25) is 5.91 Å². The van der Waals surface area contributed by atoms with Crippen LogP contribution in [0.25, 0.3) is 21.8 Å². The minimum atomic E-state index is -0.183. The van der Waals surface area contributed by atoms with Gasteiger partial charge in [-0.15, -0.1) is 0 Å². The summed E-state index contributed by atoms with van der Waals surface area (Å²) in [7, 11) is 1.83. The van der Waals surface area contributed by atoms with Crippen LogP contribution in [-0.4, -0.2) is 52.8 Å². The quantitative estimate of drug-likeness (QED) is 0.266. The van der Waals surface area contributed by atoms with Gasteiger partial charge in [-0.1, -0.05) is 36.4 Å². The average molecular weight is 447 g/mol. The summed E-state index contributed by atoms with van der Waals surface area (Å²) in [6.45, 7) is 2.32. The summed E-state index contributed by atoms with van der Waals surface area (Å²) in [6.07, 6.45) is 4.23. The first kappa shape index (κ1) is 22.5. The summed E-state index contributed by atoms with van der Waals surface area (Å²) in [6, 6.07) is 15.9. The largest absolute Gasteiger partial charge is 0.361 e. The number of amides is 2. The van der Waals surface area contributed by atoms with Gasteiger partial charge in [0, 0.05) is 62.1 Å². The summed E-state index contributed by atoms with van der Waals surface area (Å²) in [5.74, 6) is -0.121. The average Bonchev–Trinajstić information content (AvgIpc) is 3.40. The smallest absolute Gasteiger partial charge is 0.272 e. The zero-order valence-corrected chi connectivity index (χ0v) is 18.9. The van der Waals surface area contributed by atoms with Gasteiger partial charge < -0.3 is 20.9 Å². The highest BCUT2D eigenvalue weighted by molar-refractivity contribution is 6.04. The lowest BCUT2D eigenvalue weighted by atomic mass is 10.1. The lowest BCUT2D eigenvalue weighted by Gasteiger charge is -2.08. The molecule has 2 aromatic carbocycles. The molecule has 0 saturated carbocycles. The van der Waals surface area contributed by atoms with Crippen LogP contribution in [0.1, 0.15) is 28.9 Å². The molecule has 0 radical (unpaired) electrons. The Morgan fingerprint density at radius 1 is 0.939 bits per heavy atom. The molecule has 33 heavy (non-hydrogen) atoms. The van der Waals surface area contributed by atoms with Gasteiger partial charge in [0.25, 0.3) is 5.91 Å². The molecule has 0 spiro atoms. The van der Waals surface area contributed by atoms with Crippen molar-refractivity contribution in [1.29, 1.82) is 0 Å². The van der Waals surface area contributed by atoms with Crippen molar-refractivity contribution in [1.82, 2.24) is 30.7 Å². The Hall–Kier alpha value is -3.65. The molecule has 2 amide bonds. The van der Waals surface area contributed by atoms with E-state index in [0.29, 0.717) is 38.3 Å². The summed E-state index contributed by atoms with van der Waals surface area (Å²) in [5, 5.41) is 15.5. The number of aryl methyl sites for hydroxylation is 2. The molecule has 4 aromatic rings. The first-order chi connectivity index (χ1) is 16.1. The van der Waals surface area contributed by atoms with E-state index in [2.05, 4.69) is 38.2 Å². The van der Waals surface area contributed by atoms with Gasteiger partial charge in [-0.25, -0.2) is 0 Å². The number of fused-ring (bicyclic) bond motifs is 2. The van der Waals surface area contributed by atoms with E-state index < -0.39 is 0 Å². The van der Waals surface area contributed by atoms with Crippen molar-refractivity contribution in [3.63, 3.8) is 0 Å². The highest BCUT2D eigenvalue weighted by atomic mass is 16.2. The molecule has 0 aliphatic rings. The Labute approximate surface area is 192 Å². The summed E-state index contributed by atoms with van der Waals surface area (Å²) in [5.41, 5.74) is 3.75. The van der Waals surface area contributed by atoms with Crippen molar-refractivity contribution in [3.8, 4) is 0 Å². The number of rotatable bonds is 11. The van der Waals surface area contributed by atoms with Gasteiger partial charge in [-0.05, 0) is 30.5 Å². The summed E-state index contributed by atoms with van der Waals surface area (Å²) >= 11 is 0. The maximum Gasteiger partial charge on any atom is 0.272 e. The molecule has 0 fully saturated rings. The number of hydrogen-bond donors (Lipinski definition) is 4. The van der Waals surface area contributed by atoms with Crippen LogP contribution in [0.5, 0.6) is 0 Å². The van der Waals surface area contributed by atoms with Crippen molar-refractivity contribution in [2.75, 3.05) is 26.2 Å². The number of nitrogens with zero attached hydrogens (tertiary/aromatic N) is 2. The van der Waals surface area contributed by atoms with Crippen molar-refractivity contribution in [2.45, 2.75) is 19.3 Å². The molecule has 0 aliphatic heterocycles. The van der Waals surface area contributed by atoms with E-state index in [0.717, 1.165) is 29.3 Å². The van der Waals surface area contributed by atoms with E-state index in [1.165, 1.54) is 10.9 Å². The van der Waals surface area contributed by atoms with Gasteiger partial charge >= 0.3 is 0 Å². The van der Waals surface area contributed by atoms with Gasteiger partial charge in [0.05, 0.1) is 5.52 Å². The minimum absolute atomic E-state index is 0.0620. The fraction of sp³-hybridized carbons (Fsp3) is 0.320. The van der Waals surface area contributed by atoms with E-state index in [1.807, 2.05) is 49.6 Å². The molecule has 0 unspecified atom stereocenters. The van der Waals surface area contributed by atoms with Crippen molar-refractivity contribution >= 4 is 33.6 Å². The van der Waals surface area contributed by atoms with Crippen molar-refractivity contribution in [3.05, 3.63) is 66.0 Å². The number of carbonyl (C=O) groups is 2. The van der Waals surface area contributed by atoms with Crippen LogP contribution in [0.15, 0.2) is 54.7 Å². The third-order valence-electron chi connectivity index (χ3n) is 5.71. The molecule has 0 saturated heterocycles. The van der Waals surface area contributed by atoms with Gasteiger partial charge in [0.15, 0.2) is 5.69 Å². The van der Waals surface area contributed by atoms with E-state index >= 15 is 0 Å². The van der Waals surface area contributed by atoms with E-state index in [-0.39, 0.29) is 11.8 Å². The van der Waals surface area contributed by atoms with E-state index in [9.17, 15) is 9.59 Å². The fourth-order valence-corrected chi connectivity index (χ4v) is 4.01. The van der Waals surface area contributed by atoms with Gasteiger partial charge in [-0.3, -0.25) is 14.3 Å². The number of para-hydroxylation sites is 2. The highest BCUT2D eigenvalue weighted by Crippen LogP contribution is 2.19. The maximum atomic E-state index is 12.4. The lowest BCUT2D eigenvalue weighted by Crippen LogP contribution is -2.36. The number of aromatic amines is 1. The second-order valence-electron chi connectivity index (χ2n) is 8.06. The first-order valence-electron chi connectivity index (χ1n) is 11.4. The molecule has 0 bridgehead atoms. The third-order valence-corrected chi connectivity index (χ3v) is 5.71. The molecule has 4 rings (SSSR count). The molecule has 2 heterocycles. The minimum Gasteiger partial charge on any atom is -0.361 e. The van der Waals surface area contributed by atoms with Crippen LogP contribution in [0.4, 0.5) is 0 Å². The van der Waals surface area contributed by atoms with Crippen LogP contribution in [-0.2, 0) is 18.3 Å². The van der Waals surface area contributed by atoms with Gasteiger partial charge in [0.1, 0.15) is 0 Å². The molecule has 8 nitrogen and oxygen atoms in total. The zero-order valence-electron chi connectivity index (χ0n) is 18.9. The Kier molecular flexibility index (Phi) is 7.36. The normalized spacial score (nSPS) is 11.2. The van der Waals surface area contributed by atoms with Crippen molar-refractivity contribution < 1.29 is 9.59 Å². The standard InChI is InChI=1S/C25H30N6O2/c1-31-22-11-5-3-9-20(22)24(30-31)25(33)28-16-14-26-13-15-27-23(32)12-6-7-18-17-29-21-10-4-2-8-19(18)21/h2-5,8-11,17,26,29H,6-7,12-16H2,1H3,(H,27,32)(H,28,33). The number of H-pyrrole nitrogens is 1. The molecule has 8 heteroatoms. The molecular formula is C25H30N6O2. The number of hydrogen-bond acceptors (Lipinski definition) is 4. The molecule has 2 aromatic heterocycles. The van der Waals surface area contributed by atoms with Crippen LogP contribution in [0.2, 0.25) is 0 Å². The Bertz CT molecular complexity index is 1240. The lowest BCUT2D eigenvalue weighted by molar-refractivity contribution is -0.121. The highest BCUT2D eigenvalue weighted by Gasteiger charge is 2.14. The number of aromatic nitrogens is 3. The summed E-state index contributed by atoms with van der Waals surface area (Å²) < 4.78 is 1.71. The Balaban J connectivity index is 1.07. The zero-order chi connectivity index (χ0) is 23.0. The second-order valence-corrected chi connectivity index (χ2v) is 8.06. The van der Waals surface area contributed by atoms with Crippen LogP contribution in [0, 0.1) is 0 Å². The van der Waals surface area contributed by atoms with Gasteiger partial charge in [-0.2, -0.15) is 5.10 Å². The first-order valence-corrected chi connectivity index (χ1v) is 11.4. The molecular weight excluding hydrogens is 416 g/mol. The van der Waals surface area contributed by atoms with E-state index in [1.54, 1.807) is 4.68 Å². The maximum absolute atomic E-state index is 12.4. The van der Waals surface area contributed by atoms with Crippen molar-refractivity contribution in [2.24, 2.45) is 7.05 Å². The molecule has 0 aliphatic carbocycles. The third kappa shape index (κ3) is 5.59. The number of benzene rings is 2. The second kappa shape index (κ2) is 10.8. The summed E-state index contributed by atoms with van der Waals surface area (Å²) in [4.78, 5) is 27.8. The number of nitrogens with one attached hydrogen (secondary N) is 4. The Morgan fingerprint density at radius 2 is 1.67 bits per heavy atom. The van der Waals surface area contributed by atoms with Crippen LogP contribution >= 0.6 is 0 Å². The predicted octanol–water partition coefficient (Wildman–Crippen LogP) is 2.51. The molecule has 172 valence electrons. The van der Waals surface area contributed by atoms with Crippen LogP contribution < -0.4 is 16.0 Å².